The molecule has 0 atom stereocenters. The van der Waals surface area contributed by atoms with E-state index in [1.54, 1.807) is 0 Å². The molecule has 0 spiro atoms. The predicted octanol–water partition coefficient (Wildman–Crippen LogP) is 0.281. The first kappa shape index (κ1) is 8.11. The Morgan fingerprint density at radius 3 is 2.82 bits per heavy atom. The summed E-state index contributed by atoms with van der Waals surface area (Å²) in [7, 11) is 6.15. The third-order valence-electron chi connectivity index (χ3n) is 1.68. The van der Waals surface area contributed by atoms with E-state index in [-0.39, 0.29) is 0 Å². The van der Waals surface area contributed by atoms with E-state index in [1.807, 2.05) is 31.3 Å². The average molecular weight is 148 g/mol. The van der Waals surface area contributed by atoms with E-state index >= 15 is 0 Å². The normalized spacial score (nSPS) is 9.64. The van der Waals surface area contributed by atoms with Gasteiger partial charge in [-0.2, -0.15) is 0 Å². The Kier molecular flexibility index (Phi) is 2.52. The van der Waals surface area contributed by atoms with E-state index in [0.29, 0.717) is 0 Å². The van der Waals surface area contributed by atoms with Crippen molar-refractivity contribution >= 4 is 13.7 Å². The highest BCUT2D eigenvalue weighted by Gasteiger charge is 1.95. The smallest absolute Gasteiger partial charge is 0.128 e. The maximum atomic E-state index is 4.21. The minimum absolute atomic E-state index is 1.03. The van der Waals surface area contributed by atoms with Crippen LogP contribution in [0.2, 0.25) is 0 Å². The molecule has 1 rings (SSSR count). The maximum absolute atomic E-state index is 4.21. The van der Waals surface area contributed by atoms with Gasteiger partial charge in [0.05, 0.1) is 0 Å². The van der Waals surface area contributed by atoms with E-state index in [0.717, 1.165) is 12.1 Å². The molecular formula is C8H13BN2. The molecule has 0 radical (unpaired) electrons. The third-order valence-corrected chi connectivity index (χ3v) is 1.68. The third kappa shape index (κ3) is 1.97. The van der Waals surface area contributed by atoms with Crippen LogP contribution in [0, 0.1) is 0 Å². The summed E-state index contributed by atoms with van der Waals surface area (Å²) in [5.74, 6) is 1.03. The van der Waals surface area contributed by atoms with Crippen LogP contribution < -0.4 is 4.90 Å². The lowest BCUT2D eigenvalue weighted by Crippen LogP contribution is -2.10. The molecule has 0 aliphatic heterocycles. The molecule has 0 N–H and O–H groups in total. The lowest BCUT2D eigenvalue weighted by Gasteiger charge is -2.11. The SMILES string of the molecule is BCc1ccnc(N(C)C)c1. The number of hydrogen-bond acceptors (Lipinski definition) is 2. The van der Waals surface area contributed by atoms with Crippen molar-refractivity contribution in [1.29, 1.82) is 0 Å². The zero-order valence-electron chi connectivity index (χ0n) is 7.33. The molecule has 0 fully saturated rings. The Hall–Kier alpha value is -0.985. The molecule has 1 aromatic rings. The van der Waals surface area contributed by atoms with Gasteiger partial charge in [-0.25, -0.2) is 4.98 Å². The maximum Gasteiger partial charge on any atom is 0.128 e. The largest absolute Gasteiger partial charge is 0.363 e. The number of rotatable bonds is 2. The van der Waals surface area contributed by atoms with Gasteiger partial charge in [-0.3, -0.25) is 0 Å². The molecule has 3 heteroatoms. The fraction of sp³-hybridized carbons (Fsp3) is 0.375. The Bertz CT molecular complexity index is 235. The van der Waals surface area contributed by atoms with Gasteiger partial charge in [0.25, 0.3) is 0 Å². The topological polar surface area (TPSA) is 16.1 Å². The van der Waals surface area contributed by atoms with Crippen LogP contribution in [-0.4, -0.2) is 26.9 Å². The van der Waals surface area contributed by atoms with Gasteiger partial charge >= 0.3 is 0 Å². The van der Waals surface area contributed by atoms with Crippen molar-refractivity contribution in [1.82, 2.24) is 4.98 Å². The lowest BCUT2D eigenvalue weighted by atomic mass is 9.98. The summed E-state index contributed by atoms with van der Waals surface area (Å²) in [5, 5.41) is 0. The predicted molar refractivity (Wildman–Crippen MR) is 50.8 cm³/mol. The van der Waals surface area contributed by atoms with Crippen molar-refractivity contribution < 1.29 is 0 Å². The Morgan fingerprint density at radius 1 is 1.55 bits per heavy atom. The van der Waals surface area contributed by atoms with Crippen molar-refractivity contribution in [3.05, 3.63) is 23.9 Å². The molecule has 0 unspecified atom stereocenters. The average Bonchev–Trinajstić information content (AvgIpc) is 2.05. The van der Waals surface area contributed by atoms with Gasteiger partial charge in [0.1, 0.15) is 13.7 Å². The van der Waals surface area contributed by atoms with E-state index in [2.05, 4.69) is 18.9 Å². The molecule has 0 amide bonds. The molecule has 0 aromatic carbocycles. The van der Waals surface area contributed by atoms with Gasteiger partial charge in [-0.05, 0) is 12.1 Å². The highest BCUT2D eigenvalue weighted by atomic mass is 15.1. The number of aromatic nitrogens is 1. The summed E-state index contributed by atoms with van der Waals surface area (Å²) in [5.41, 5.74) is 1.34. The second kappa shape index (κ2) is 3.42. The van der Waals surface area contributed by atoms with Crippen LogP contribution >= 0.6 is 0 Å². The Morgan fingerprint density at radius 2 is 2.27 bits per heavy atom. The van der Waals surface area contributed by atoms with Crippen molar-refractivity contribution in [2.24, 2.45) is 0 Å². The van der Waals surface area contributed by atoms with E-state index in [4.69, 9.17) is 0 Å². The number of pyridine rings is 1. The highest BCUT2D eigenvalue weighted by Crippen LogP contribution is 2.08. The molecule has 1 aromatic heterocycles. The van der Waals surface area contributed by atoms with Gasteiger partial charge in [-0.1, -0.05) is 11.9 Å². The summed E-state index contributed by atoms with van der Waals surface area (Å²) in [6, 6.07) is 4.16. The first-order chi connectivity index (χ1) is 5.24. The first-order valence-electron chi connectivity index (χ1n) is 3.86. The lowest BCUT2D eigenvalue weighted by molar-refractivity contribution is 1.06. The zero-order chi connectivity index (χ0) is 8.27. The molecular weight excluding hydrogens is 135 g/mol. The van der Waals surface area contributed by atoms with Gasteiger partial charge in [0.2, 0.25) is 0 Å². The van der Waals surface area contributed by atoms with Crippen LogP contribution in [0.5, 0.6) is 0 Å². The summed E-state index contributed by atoms with van der Waals surface area (Å²) in [6.07, 6.45) is 2.93. The minimum Gasteiger partial charge on any atom is -0.363 e. The molecule has 0 saturated heterocycles. The fourth-order valence-corrected chi connectivity index (χ4v) is 0.925. The molecule has 0 bridgehead atoms. The van der Waals surface area contributed by atoms with Gasteiger partial charge in [-0.15, -0.1) is 0 Å². The van der Waals surface area contributed by atoms with Crippen LogP contribution in [-0.2, 0) is 6.32 Å². The monoisotopic (exact) mass is 148 g/mol. The Balaban J connectivity index is 2.91. The van der Waals surface area contributed by atoms with Crippen LogP contribution in [0.1, 0.15) is 5.56 Å². The summed E-state index contributed by atoms with van der Waals surface area (Å²) in [4.78, 5) is 6.23. The standard InChI is InChI=1S/C8H13BN2/c1-11(2)8-5-7(6-9)3-4-10-8/h3-5H,6,9H2,1-2H3. The second-order valence-electron chi connectivity index (χ2n) is 2.77. The molecule has 0 aliphatic rings. The minimum atomic E-state index is 1.03. The highest BCUT2D eigenvalue weighted by molar-refractivity contribution is 6.08. The van der Waals surface area contributed by atoms with E-state index in [9.17, 15) is 0 Å². The van der Waals surface area contributed by atoms with E-state index < -0.39 is 0 Å². The van der Waals surface area contributed by atoms with Gasteiger partial charge < -0.3 is 4.90 Å². The number of anilines is 1. The van der Waals surface area contributed by atoms with Crippen LogP contribution in [0.25, 0.3) is 0 Å². The first-order valence-corrected chi connectivity index (χ1v) is 3.86. The molecule has 11 heavy (non-hydrogen) atoms. The molecule has 0 saturated carbocycles. The summed E-state index contributed by atoms with van der Waals surface area (Å²) >= 11 is 0. The van der Waals surface area contributed by atoms with Crippen LogP contribution in [0.4, 0.5) is 5.82 Å². The van der Waals surface area contributed by atoms with Crippen molar-refractivity contribution in [3.63, 3.8) is 0 Å². The molecule has 2 nitrogen and oxygen atoms in total. The van der Waals surface area contributed by atoms with Crippen molar-refractivity contribution in [2.75, 3.05) is 19.0 Å². The van der Waals surface area contributed by atoms with E-state index in [1.165, 1.54) is 5.56 Å². The van der Waals surface area contributed by atoms with Crippen molar-refractivity contribution in [3.8, 4) is 0 Å². The molecule has 0 aliphatic carbocycles. The summed E-state index contributed by atoms with van der Waals surface area (Å²) in [6.45, 7) is 0. The summed E-state index contributed by atoms with van der Waals surface area (Å²) < 4.78 is 0. The second-order valence-corrected chi connectivity index (χ2v) is 2.77. The van der Waals surface area contributed by atoms with Crippen LogP contribution in [0.15, 0.2) is 18.3 Å². The van der Waals surface area contributed by atoms with Gasteiger partial charge in [0.15, 0.2) is 0 Å². The zero-order valence-corrected chi connectivity index (χ0v) is 7.33. The number of hydrogen-bond donors (Lipinski definition) is 0. The van der Waals surface area contributed by atoms with Gasteiger partial charge in [0, 0.05) is 20.3 Å². The Labute approximate surface area is 68.7 Å². The number of nitrogens with zero attached hydrogens (tertiary/aromatic N) is 2. The molecule has 1 heterocycles. The molecule has 58 valence electrons. The van der Waals surface area contributed by atoms with Crippen LogP contribution in [0.3, 0.4) is 0 Å². The van der Waals surface area contributed by atoms with Crippen molar-refractivity contribution in [2.45, 2.75) is 6.32 Å². The quantitative estimate of drug-likeness (QED) is 0.560. The fourth-order valence-electron chi connectivity index (χ4n) is 0.925.